The normalized spacial score (nSPS) is 11.7. The Kier molecular flexibility index (Phi) is 8.68. The first kappa shape index (κ1) is 26.2. The molecule has 3 N–H and O–H groups in total. The highest BCUT2D eigenvalue weighted by atomic mass is 35.5. The lowest BCUT2D eigenvalue weighted by Gasteiger charge is -2.06. The predicted octanol–water partition coefficient (Wildman–Crippen LogP) is 6.04. The summed E-state index contributed by atoms with van der Waals surface area (Å²) in [6.45, 7) is 3.95. The van der Waals surface area contributed by atoms with Gasteiger partial charge in [-0.15, -0.1) is 0 Å². The van der Waals surface area contributed by atoms with Crippen molar-refractivity contribution in [1.29, 1.82) is 0 Å². The molecular weight excluding hydrogens is 491 g/mol. The first-order chi connectivity index (χ1) is 17.4. The van der Waals surface area contributed by atoms with Gasteiger partial charge in [0.2, 0.25) is 5.91 Å². The number of unbranched alkanes of at least 4 members (excludes halogenated alkanes) is 2. The Morgan fingerprint density at radius 2 is 1.78 bits per heavy atom. The number of aromatic nitrogens is 2. The van der Waals surface area contributed by atoms with Crippen molar-refractivity contribution in [1.82, 2.24) is 9.88 Å². The van der Waals surface area contributed by atoms with E-state index in [2.05, 4.69) is 77.0 Å². The highest BCUT2D eigenvalue weighted by molar-refractivity contribution is 6.42. The van der Waals surface area contributed by atoms with Crippen molar-refractivity contribution in [2.24, 2.45) is 12.8 Å². The van der Waals surface area contributed by atoms with E-state index in [0.717, 1.165) is 42.7 Å². The SMILES string of the molecule is Cc1ccc(/C=C/c2n(CCCCCC(=O)NCCN)c3cc(Cl)c(Cl)cc3[n+]2C)c2ccccc12. The van der Waals surface area contributed by atoms with Gasteiger partial charge in [-0.2, -0.15) is 0 Å². The molecule has 36 heavy (non-hydrogen) atoms. The topological polar surface area (TPSA) is 63.9 Å². The molecule has 5 nitrogen and oxygen atoms in total. The Morgan fingerprint density at radius 1 is 1.03 bits per heavy atom. The van der Waals surface area contributed by atoms with E-state index in [-0.39, 0.29) is 5.91 Å². The van der Waals surface area contributed by atoms with Crippen LogP contribution in [0.3, 0.4) is 0 Å². The van der Waals surface area contributed by atoms with E-state index in [1.807, 2.05) is 12.1 Å². The van der Waals surface area contributed by atoms with Crippen molar-refractivity contribution in [3.63, 3.8) is 0 Å². The molecule has 1 amide bonds. The van der Waals surface area contributed by atoms with Crippen LogP contribution in [0.2, 0.25) is 10.0 Å². The molecule has 1 heterocycles. The van der Waals surface area contributed by atoms with Crippen LogP contribution < -0.4 is 15.6 Å². The van der Waals surface area contributed by atoms with Crippen molar-refractivity contribution in [2.45, 2.75) is 39.2 Å². The number of benzene rings is 3. The van der Waals surface area contributed by atoms with Crippen LogP contribution in [0.4, 0.5) is 0 Å². The van der Waals surface area contributed by atoms with Crippen LogP contribution in [0.15, 0.2) is 48.5 Å². The van der Waals surface area contributed by atoms with Gasteiger partial charge in [-0.3, -0.25) is 4.79 Å². The van der Waals surface area contributed by atoms with E-state index in [1.165, 1.54) is 21.9 Å². The lowest BCUT2D eigenvalue weighted by atomic mass is 10.00. The largest absolute Gasteiger partial charge is 0.355 e. The second kappa shape index (κ2) is 11.9. The molecule has 4 rings (SSSR count). The summed E-state index contributed by atoms with van der Waals surface area (Å²) in [4.78, 5) is 11.9. The number of rotatable bonds is 10. The smallest absolute Gasteiger partial charge is 0.282 e. The molecule has 7 heteroatoms. The van der Waals surface area contributed by atoms with Crippen molar-refractivity contribution < 1.29 is 9.36 Å². The van der Waals surface area contributed by atoms with Crippen LogP contribution in [0.5, 0.6) is 0 Å². The Hall–Kier alpha value is -2.86. The Bertz CT molecular complexity index is 1420. The molecule has 0 aliphatic heterocycles. The molecule has 188 valence electrons. The minimum Gasteiger partial charge on any atom is -0.355 e. The zero-order chi connectivity index (χ0) is 25.7. The number of nitrogens with one attached hydrogen (secondary N) is 1. The fourth-order valence-corrected chi connectivity index (χ4v) is 5.01. The molecule has 1 aromatic heterocycles. The number of aryl methyl sites for hydroxylation is 3. The molecule has 0 radical (unpaired) electrons. The molecule has 0 saturated carbocycles. The van der Waals surface area contributed by atoms with Crippen LogP contribution >= 0.6 is 23.2 Å². The van der Waals surface area contributed by atoms with Gasteiger partial charge in [-0.25, -0.2) is 9.13 Å². The van der Waals surface area contributed by atoms with Crippen LogP contribution in [0, 0.1) is 6.92 Å². The number of carbonyl (C=O) groups is 1. The van der Waals surface area contributed by atoms with Crippen LogP contribution in [0.25, 0.3) is 34.0 Å². The maximum absolute atomic E-state index is 11.9. The predicted molar refractivity (Wildman–Crippen MR) is 151 cm³/mol. The summed E-state index contributed by atoms with van der Waals surface area (Å²) in [5.74, 6) is 1.13. The average Bonchev–Trinajstić information content (AvgIpc) is 3.12. The fraction of sp³-hybridized carbons (Fsp3) is 0.310. The number of nitrogens with zero attached hydrogens (tertiary/aromatic N) is 2. The number of fused-ring (bicyclic) bond motifs is 2. The number of carbonyl (C=O) groups excluding carboxylic acids is 1. The van der Waals surface area contributed by atoms with Crippen molar-refractivity contribution in [3.05, 3.63) is 75.5 Å². The van der Waals surface area contributed by atoms with E-state index in [4.69, 9.17) is 28.9 Å². The minimum atomic E-state index is 0.0636. The Morgan fingerprint density at radius 3 is 2.56 bits per heavy atom. The standard InChI is InChI=1S/C29H32Cl2N4O/c1-20-11-12-21(23-9-6-5-8-22(20)23)13-14-29-34(2)26-18-24(30)25(31)19-27(26)35(29)17-7-3-4-10-28(36)33-16-15-32/h5-6,8-9,11-14,18-19H,3-4,7,10,15-17,32H2,1-2H3/p+1/b14-13+. The minimum absolute atomic E-state index is 0.0636. The quantitative estimate of drug-likeness (QED) is 0.196. The molecule has 0 saturated heterocycles. The number of hydrogen-bond acceptors (Lipinski definition) is 2. The highest BCUT2D eigenvalue weighted by Crippen LogP contribution is 2.29. The molecule has 3 aromatic carbocycles. The molecule has 0 fully saturated rings. The van der Waals surface area contributed by atoms with Crippen molar-refractivity contribution in [3.8, 4) is 0 Å². The molecule has 0 aliphatic carbocycles. The summed E-state index contributed by atoms with van der Waals surface area (Å²) in [5.41, 5.74) is 9.96. The fourth-order valence-electron chi connectivity index (χ4n) is 4.69. The Balaban J connectivity index is 1.62. The summed E-state index contributed by atoms with van der Waals surface area (Å²) < 4.78 is 4.45. The summed E-state index contributed by atoms with van der Waals surface area (Å²) in [6, 6.07) is 16.7. The lowest BCUT2D eigenvalue weighted by Crippen LogP contribution is -2.31. The molecular formula is C29H33Cl2N4O+. The van der Waals surface area contributed by atoms with Gasteiger partial charge >= 0.3 is 0 Å². The van der Waals surface area contributed by atoms with Crippen molar-refractivity contribution >= 4 is 63.1 Å². The second-order valence-corrected chi connectivity index (χ2v) is 9.94. The van der Waals surface area contributed by atoms with Gasteiger partial charge in [0.25, 0.3) is 5.82 Å². The molecule has 0 spiro atoms. The van der Waals surface area contributed by atoms with Crippen LogP contribution in [-0.2, 0) is 18.4 Å². The van der Waals surface area contributed by atoms with E-state index in [9.17, 15) is 4.79 Å². The lowest BCUT2D eigenvalue weighted by molar-refractivity contribution is -0.647. The molecule has 0 unspecified atom stereocenters. The maximum Gasteiger partial charge on any atom is 0.282 e. The number of imidazole rings is 1. The van der Waals surface area contributed by atoms with Crippen LogP contribution in [0.1, 0.15) is 42.6 Å². The van der Waals surface area contributed by atoms with Crippen molar-refractivity contribution in [2.75, 3.05) is 13.1 Å². The van der Waals surface area contributed by atoms with Gasteiger partial charge in [0.15, 0.2) is 11.0 Å². The third-order valence-electron chi connectivity index (χ3n) is 6.63. The van der Waals surface area contributed by atoms with Gasteiger partial charge in [-0.05, 0) is 54.2 Å². The molecule has 0 atom stereocenters. The summed E-state index contributed by atoms with van der Waals surface area (Å²) in [7, 11) is 2.05. The second-order valence-electron chi connectivity index (χ2n) is 9.12. The van der Waals surface area contributed by atoms with Gasteiger partial charge in [-0.1, -0.05) is 59.6 Å². The first-order valence-corrected chi connectivity index (χ1v) is 13.2. The third kappa shape index (κ3) is 5.75. The average molecular weight is 525 g/mol. The van der Waals surface area contributed by atoms with E-state index >= 15 is 0 Å². The summed E-state index contributed by atoms with van der Waals surface area (Å²) >= 11 is 12.8. The zero-order valence-corrected chi connectivity index (χ0v) is 22.4. The van der Waals surface area contributed by atoms with Gasteiger partial charge in [0, 0.05) is 37.7 Å². The van der Waals surface area contributed by atoms with Gasteiger partial charge in [0.05, 0.1) is 23.6 Å². The monoisotopic (exact) mass is 523 g/mol. The van der Waals surface area contributed by atoms with Gasteiger partial charge in [0.1, 0.15) is 0 Å². The number of halogens is 2. The zero-order valence-electron chi connectivity index (χ0n) is 20.9. The molecule has 4 aromatic rings. The van der Waals surface area contributed by atoms with E-state index in [1.54, 1.807) is 0 Å². The Labute approximate surface area is 222 Å². The maximum atomic E-state index is 11.9. The molecule has 0 aliphatic rings. The first-order valence-electron chi connectivity index (χ1n) is 12.4. The summed E-state index contributed by atoms with van der Waals surface area (Å²) in [5, 5.41) is 6.41. The summed E-state index contributed by atoms with van der Waals surface area (Å²) in [6.07, 6.45) is 7.61. The van der Waals surface area contributed by atoms with Gasteiger partial charge < -0.3 is 11.1 Å². The number of hydrogen-bond donors (Lipinski definition) is 2. The molecule has 0 bridgehead atoms. The van der Waals surface area contributed by atoms with E-state index in [0.29, 0.717) is 29.6 Å². The third-order valence-corrected chi connectivity index (χ3v) is 7.35. The van der Waals surface area contributed by atoms with E-state index < -0.39 is 0 Å². The van der Waals surface area contributed by atoms with Crippen LogP contribution in [-0.4, -0.2) is 23.6 Å². The number of nitrogens with two attached hydrogens (primary N) is 1. The number of amides is 1. The highest BCUT2D eigenvalue weighted by Gasteiger charge is 2.22.